The summed E-state index contributed by atoms with van der Waals surface area (Å²) in [7, 11) is 0.873. The largest absolute Gasteiger partial charge is 0.497 e. The molecule has 2 fully saturated rings. The van der Waals surface area contributed by atoms with E-state index in [1.54, 1.807) is 14.0 Å². The highest BCUT2D eigenvalue weighted by atomic mass is 16.7. The Labute approximate surface area is 266 Å². The van der Waals surface area contributed by atoms with Crippen molar-refractivity contribution in [2.24, 2.45) is 0 Å². The molecular weight excluding hydrogens is 575 g/mol. The van der Waals surface area contributed by atoms with Crippen LogP contribution in [-0.4, -0.2) is 98.9 Å². The van der Waals surface area contributed by atoms with E-state index in [4.69, 9.17) is 18.8 Å². The number of rotatable bonds is 13. The van der Waals surface area contributed by atoms with Crippen LogP contribution in [0.15, 0.2) is 54.6 Å². The Bertz CT molecular complexity index is 1270. The lowest BCUT2D eigenvalue weighted by atomic mass is 9.74. The monoisotopic (exact) mass is 622 g/mol. The Morgan fingerprint density at radius 3 is 2.04 bits per heavy atom. The van der Waals surface area contributed by atoms with Crippen molar-refractivity contribution >= 4 is 24.8 Å². The third-order valence-electron chi connectivity index (χ3n) is 8.70. The highest BCUT2D eigenvalue weighted by Crippen LogP contribution is 2.38. The predicted octanol–water partition coefficient (Wildman–Crippen LogP) is 1.92. The van der Waals surface area contributed by atoms with Gasteiger partial charge in [-0.05, 0) is 64.3 Å². The Hall–Kier alpha value is -3.45. The van der Waals surface area contributed by atoms with Gasteiger partial charge in [-0.15, -0.1) is 0 Å². The number of morpholine rings is 1. The summed E-state index contributed by atoms with van der Waals surface area (Å²) in [6.45, 7) is 12.1. The Morgan fingerprint density at radius 1 is 0.844 bits per heavy atom. The van der Waals surface area contributed by atoms with E-state index in [2.05, 4.69) is 16.0 Å². The number of carbonyl (C=O) groups is 3. The Morgan fingerprint density at radius 2 is 1.44 bits per heavy atom. The molecule has 0 radical (unpaired) electrons. The van der Waals surface area contributed by atoms with E-state index < -0.39 is 42.3 Å². The van der Waals surface area contributed by atoms with Crippen molar-refractivity contribution in [3.8, 4) is 5.75 Å². The van der Waals surface area contributed by atoms with Crippen molar-refractivity contribution in [3.63, 3.8) is 0 Å². The molecule has 0 spiro atoms. The Kier molecular flexibility index (Phi) is 11.6. The van der Waals surface area contributed by atoms with Gasteiger partial charge in [0.2, 0.25) is 17.7 Å². The number of amides is 3. The smallest absolute Gasteiger partial charge is 0.482 e. The van der Waals surface area contributed by atoms with E-state index in [1.807, 2.05) is 87.2 Å². The third kappa shape index (κ3) is 9.53. The first-order valence-electron chi connectivity index (χ1n) is 15.6. The molecule has 0 aromatic heterocycles. The molecule has 0 bridgehead atoms. The minimum Gasteiger partial charge on any atom is -0.497 e. The van der Waals surface area contributed by atoms with Crippen molar-refractivity contribution in [2.75, 3.05) is 40.0 Å². The molecular formula is C33H47BN4O7. The molecule has 2 aromatic carbocycles. The molecule has 3 amide bonds. The number of benzene rings is 2. The van der Waals surface area contributed by atoms with Crippen LogP contribution in [0.2, 0.25) is 0 Å². The van der Waals surface area contributed by atoms with Crippen LogP contribution in [0.25, 0.3) is 0 Å². The molecule has 3 unspecified atom stereocenters. The van der Waals surface area contributed by atoms with Crippen molar-refractivity contribution in [2.45, 2.75) is 76.7 Å². The number of ether oxygens (including phenoxy) is 2. The average Bonchev–Trinajstić information content (AvgIpc) is 3.23. The summed E-state index contributed by atoms with van der Waals surface area (Å²) in [5.41, 5.74) is 0.645. The summed E-state index contributed by atoms with van der Waals surface area (Å²) in [6, 6.07) is 15.3. The summed E-state index contributed by atoms with van der Waals surface area (Å²) in [6.07, 6.45) is 0.679. The zero-order valence-corrected chi connectivity index (χ0v) is 27.3. The number of carbonyl (C=O) groups excluding carboxylic acids is 3. The van der Waals surface area contributed by atoms with Crippen molar-refractivity contribution in [1.82, 2.24) is 20.9 Å². The van der Waals surface area contributed by atoms with E-state index in [9.17, 15) is 14.4 Å². The zero-order valence-electron chi connectivity index (χ0n) is 27.3. The molecule has 2 heterocycles. The van der Waals surface area contributed by atoms with E-state index in [0.717, 1.165) is 11.1 Å². The highest BCUT2D eigenvalue weighted by Gasteiger charge is 2.54. The minimum atomic E-state index is -0.940. The lowest BCUT2D eigenvalue weighted by Crippen LogP contribution is -2.58. The second kappa shape index (κ2) is 15.2. The van der Waals surface area contributed by atoms with Crippen LogP contribution in [0.4, 0.5) is 0 Å². The van der Waals surface area contributed by atoms with Gasteiger partial charge in [-0.3, -0.25) is 19.3 Å². The van der Waals surface area contributed by atoms with Crippen LogP contribution in [0, 0.1) is 0 Å². The zero-order chi connectivity index (χ0) is 32.6. The molecule has 3 N–H and O–H groups in total. The van der Waals surface area contributed by atoms with Gasteiger partial charge in [-0.2, -0.15) is 0 Å². The molecule has 2 aliphatic heterocycles. The van der Waals surface area contributed by atoms with Gasteiger partial charge in [0.1, 0.15) is 17.8 Å². The van der Waals surface area contributed by atoms with Crippen molar-refractivity contribution < 1.29 is 33.2 Å². The van der Waals surface area contributed by atoms with E-state index in [-0.39, 0.29) is 24.8 Å². The predicted molar refractivity (Wildman–Crippen MR) is 172 cm³/mol. The highest BCUT2D eigenvalue weighted by molar-refractivity contribution is 6.48. The SMILES string of the molecule is COc1ccc(CC(NC(=O)C(C)NC(=O)CN2CCOCC2)C(=O)NC(Cc2ccccc2)B2OC(C)(C)C(C)(C)O2)cc1. The maximum absolute atomic E-state index is 14.0. The van der Waals surface area contributed by atoms with Crippen LogP contribution in [0.5, 0.6) is 5.75 Å². The van der Waals surface area contributed by atoms with Crippen LogP contribution in [-0.2, 0) is 41.3 Å². The van der Waals surface area contributed by atoms with Gasteiger partial charge in [-0.1, -0.05) is 42.5 Å². The minimum absolute atomic E-state index is 0.173. The van der Waals surface area contributed by atoms with Gasteiger partial charge < -0.3 is 34.7 Å². The molecule has 0 saturated carbocycles. The second-order valence-electron chi connectivity index (χ2n) is 12.7. The topological polar surface area (TPSA) is 127 Å². The van der Waals surface area contributed by atoms with Gasteiger partial charge in [0.15, 0.2) is 0 Å². The summed E-state index contributed by atoms with van der Waals surface area (Å²) >= 11 is 0. The van der Waals surface area contributed by atoms with Crippen molar-refractivity contribution in [3.05, 3.63) is 65.7 Å². The standard InChI is InChI=1S/C33H47BN4O7/c1-23(35-29(39)22-38-16-18-43-19-17-38)30(40)36-27(20-25-12-14-26(42-6)15-13-25)31(41)37-28(21-24-10-8-7-9-11-24)34-44-32(2,3)33(4,5)45-34/h7-15,23,27-28H,16-22H2,1-6H3,(H,35,39)(H,36,40)(H,37,41). The number of methoxy groups -OCH3 is 1. The van der Waals surface area contributed by atoms with Gasteiger partial charge in [-0.25, -0.2) is 0 Å². The first kappa shape index (κ1) is 34.4. The quantitative estimate of drug-likeness (QED) is 0.290. The molecule has 3 atom stereocenters. The number of nitrogens with one attached hydrogen (secondary N) is 3. The fourth-order valence-corrected chi connectivity index (χ4v) is 5.24. The number of hydrogen-bond acceptors (Lipinski definition) is 8. The summed E-state index contributed by atoms with van der Waals surface area (Å²) < 4.78 is 23.3. The summed E-state index contributed by atoms with van der Waals surface area (Å²) in [4.78, 5) is 42.1. The van der Waals surface area contributed by atoms with E-state index in [1.165, 1.54) is 0 Å². The molecule has 0 aliphatic carbocycles. The molecule has 2 saturated heterocycles. The van der Waals surface area contributed by atoms with Crippen LogP contribution >= 0.6 is 0 Å². The molecule has 12 heteroatoms. The van der Waals surface area contributed by atoms with Gasteiger partial charge in [0, 0.05) is 19.5 Å². The van der Waals surface area contributed by atoms with Gasteiger partial charge in [0.25, 0.3) is 0 Å². The maximum Gasteiger partial charge on any atom is 0.482 e. The Balaban J connectivity index is 1.50. The summed E-state index contributed by atoms with van der Waals surface area (Å²) in [5, 5.41) is 8.78. The van der Waals surface area contributed by atoms with Crippen LogP contribution in [0.1, 0.15) is 45.7 Å². The molecule has 11 nitrogen and oxygen atoms in total. The first-order valence-corrected chi connectivity index (χ1v) is 15.6. The molecule has 2 aromatic rings. The molecule has 45 heavy (non-hydrogen) atoms. The van der Waals surface area contributed by atoms with E-state index in [0.29, 0.717) is 38.5 Å². The third-order valence-corrected chi connectivity index (χ3v) is 8.70. The van der Waals surface area contributed by atoms with Crippen LogP contribution < -0.4 is 20.7 Å². The molecule has 244 valence electrons. The normalized spacial score (nSPS) is 19.6. The van der Waals surface area contributed by atoms with Gasteiger partial charge >= 0.3 is 7.12 Å². The number of hydrogen-bond donors (Lipinski definition) is 3. The van der Waals surface area contributed by atoms with E-state index >= 15 is 0 Å². The van der Waals surface area contributed by atoms with Gasteiger partial charge in [0.05, 0.1) is 44.0 Å². The molecule has 2 aliphatic rings. The number of nitrogens with zero attached hydrogens (tertiary/aromatic N) is 1. The lowest BCUT2D eigenvalue weighted by Gasteiger charge is -2.32. The maximum atomic E-state index is 14.0. The lowest BCUT2D eigenvalue weighted by molar-refractivity contribution is -0.132. The van der Waals surface area contributed by atoms with Crippen molar-refractivity contribution in [1.29, 1.82) is 0 Å². The molecule has 4 rings (SSSR count). The van der Waals surface area contributed by atoms with Crippen LogP contribution in [0.3, 0.4) is 0 Å². The average molecular weight is 623 g/mol. The first-order chi connectivity index (χ1) is 21.4. The fraction of sp³-hybridized carbons (Fsp3) is 0.545. The summed E-state index contributed by atoms with van der Waals surface area (Å²) in [5.74, 6) is -0.971. The fourth-order valence-electron chi connectivity index (χ4n) is 5.24. The second-order valence-corrected chi connectivity index (χ2v) is 12.7.